The van der Waals surface area contributed by atoms with E-state index < -0.39 is 0 Å². The first-order valence-corrected chi connectivity index (χ1v) is 8.00. The zero-order valence-corrected chi connectivity index (χ0v) is 14.4. The van der Waals surface area contributed by atoms with E-state index in [-0.39, 0.29) is 5.56 Å². The average molecular weight is 345 g/mol. The molecule has 5 nitrogen and oxygen atoms in total. The number of hydrogen-bond donors (Lipinski definition) is 1. The third-order valence-electron chi connectivity index (χ3n) is 3.54. The monoisotopic (exact) mass is 344 g/mol. The van der Waals surface area contributed by atoms with Crippen LogP contribution in [0, 0.1) is 0 Å². The number of aryl methyl sites for hydroxylation is 1. The van der Waals surface area contributed by atoms with Crippen LogP contribution in [0.2, 0.25) is 0 Å². The molecule has 0 bridgehead atoms. The van der Waals surface area contributed by atoms with Gasteiger partial charge in [0.15, 0.2) is 0 Å². The summed E-state index contributed by atoms with van der Waals surface area (Å²) in [5.41, 5.74) is 0.687. The van der Waals surface area contributed by atoms with Crippen LogP contribution in [0.3, 0.4) is 0 Å². The second kappa shape index (κ2) is 8.42. The second-order valence-electron chi connectivity index (χ2n) is 5.07. The van der Waals surface area contributed by atoms with Crippen LogP contribution in [-0.2, 0) is 6.54 Å². The molecule has 0 aliphatic heterocycles. The molecule has 1 atom stereocenters. The fraction of sp³-hybridized carbons (Fsp3) is 0.714. The number of halogens is 1. The molecular formula is C14H25BrN4O. The van der Waals surface area contributed by atoms with Gasteiger partial charge < -0.3 is 10.2 Å². The lowest BCUT2D eigenvalue weighted by atomic mass is 10.2. The van der Waals surface area contributed by atoms with Gasteiger partial charge in [0.2, 0.25) is 0 Å². The van der Waals surface area contributed by atoms with Crippen molar-refractivity contribution in [1.29, 1.82) is 0 Å². The molecule has 0 radical (unpaired) electrons. The van der Waals surface area contributed by atoms with Crippen molar-refractivity contribution in [3.05, 3.63) is 21.0 Å². The van der Waals surface area contributed by atoms with E-state index in [0.29, 0.717) is 17.1 Å². The summed E-state index contributed by atoms with van der Waals surface area (Å²) in [7, 11) is 2.11. The molecule has 0 aromatic carbocycles. The van der Waals surface area contributed by atoms with Gasteiger partial charge >= 0.3 is 0 Å². The van der Waals surface area contributed by atoms with E-state index in [9.17, 15) is 4.79 Å². The number of rotatable bonds is 8. The van der Waals surface area contributed by atoms with Crippen molar-refractivity contribution >= 4 is 21.6 Å². The van der Waals surface area contributed by atoms with Crippen LogP contribution in [0.25, 0.3) is 0 Å². The fourth-order valence-corrected chi connectivity index (χ4v) is 2.31. The van der Waals surface area contributed by atoms with Gasteiger partial charge in [-0.15, -0.1) is 0 Å². The molecular weight excluding hydrogens is 320 g/mol. The molecule has 0 amide bonds. The Hall–Kier alpha value is -0.880. The highest BCUT2D eigenvalue weighted by Gasteiger charge is 2.09. The fourth-order valence-electron chi connectivity index (χ4n) is 1.86. The van der Waals surface area contributed by atoms with Gasteiger partial charge in [-0.3, -0.25) is 4.79 Å². The first kappa shape index (κ1) is 17.2. The smallest absolute Gasteiger partial charge is 0.283 e. The molecule has 1 unspecified atom stereocenters. The zero-order chi connectivity index (χ0) is 15.1. The molecule has 0 saturated heterocycles. The van der Waals surface area contributed by atoms with E-state index >= 15 is 0 Å². The van der Waals surface area contributed by atoms with Gasteiger partial charge in [0.1, 0.15) is 4.47 Å². The summed E-state index contributed by atoms with van der Waals surface area (Å²) >= 11 is 3.36. The Morgan fingerprint density at radius 3 is 2.80 bits per heavy atom. The summed E-state index contributed by atoms with van der Waals surface area (Å²) in [6.45, 7) is 8.79. The first-order chi connectivity index (χ1) is 9.51. The van der Waals surface area contributed by atoms with Crippen LogP contribution < -0.4 is 10.9 Å². The molecule has 1 aromatic heterocycles. The normalized spacial score (nSPS) is 12.7. The molecule has 0 aliphatic rings. The molecule has 1 heterocycles. The number of likely N-dealkylation sites (N-methyl/N-ethyl adjacent to an activating group) is 1. The van der Waals surface area contributed by atoms with Gasteiger partial charge in [0.05, 0.1) is 11.9 Å². The highest BCUT2D eigenvalue weighted by Crippen LogP contribution is 2.15. The topological polar surface area (TPSA) is 50.2 Å². The lowest BCUT2D eigenvalue weighted by molar-refractivity contribution is 0.261. The van der Waals surface area contributed by atoms with Crippen LogP contribution in [0.15, 0.2) is 15.5 Å². The van der Waals surface area contributed by atoms with Crippen molar-refractivity contribution in [1.82, 2.24) is 14.7 Å². The van der Waals surface area contributed by atoms with Crippen LogP contribution >= 0.6 is 15.9 Å². The van der Waals surface area contributed by atoms with Gasteiger partial charge in [0.25, 0.3) is 5.56 Å². The molecule has 0 fully saturated rings. The Labute approximate surface area is 129 Å². The minimum absolute atomic E-state index is 0.0767. The van der Waals surface area contributed by atoms with Gasteiger partial charge in [-0.2, -0.15) is 5.10 Å². The third kappa shape index (κ3) is 4.59. The second-order valence-corrected chi connectivity index (χ2v) is 5.86. The largest absolute Gasteiger partial charge is 0.381 e. The number of nitrogens with zero attached hydrogens (tertiary/aromatic N) is 3. The third-order valence-corrected chi connectivity index (χ3v) is 4.31. The van der Waals surface area contributed by atoms with Crippen molar-refractivity contribution < 1.29 is 0 Å². The Bertz CT molecular complexity index is 475. The van der Waals surface area contributed by atoms with Crippen molar-refractivity contribution in [3.63, 3.8) is 0 Å². The minimum atomic E-state index is -0.0767. The van der Waals surface area contributed by atoms with Crippen LogP contribution in [-0.4, -0.2) is 40.9 Å². The molecule has 1 N–H and O–H groups in total. The summed E-state index contributed by atoms with van der Waals surface area (Å²) in [5.74, 6) is 0. The van der Waals surface area contributed by atoms with E-state index in [1.165, 1.54) is 4.68 Å². The van der Waals surface area contributed by atoms with Crippen molar-refractivity contribution in [2.45, 2.75) is 46.2 Å². The molecule has 0 spiro atoms. The quantitative estimate of drug-likeness (QED) is 0.787. The maximum absolute atomic E-state index is 12.0. The molecule has 0 saturated carbocycles. The Balaban J connectivity index is 2.61. The van der Waals surface area contributed by atoms with Gasteiger partial charge in [-0.05, 0) is 42.7 Å². The van der Waals surface area contributed by atoms with Gasteiger partial charge in [0, 0.05) is 25.7 Å². The lowest BCUT2D eigenvalue weighted by Crippen LogP contribution is -2.33. The molecule has 1 rings (SSSR count). The van der Waals surface area contributed by atoms with Crippen LogP contribution in [0.4, 0.5) is 5.69 Å². The maximum atomic E-state index is 12.0. The van der Waals surface area contributed by atoms with E-state index in [0.717, 1.165) is 31.6 Å². The minimum Gasteiger partial charge on any atom is -0.381 e. The summed E-state index contributed by atoms with van der Waals surface area (Å²) < 4.78 is 2.05. The molecule has 0 aliphatic carbocycles. The van der Waals surface area contributed by atoms with Crippen LogP contribution in [0.1, 0.15) is 33.6 Å². The standard InChI is InChI=1S/C14H25BrN4O/c1-5-8-19-14(20)13(15)12(10-17-19)16-7-9-18(4)11(3)6-2/h10-11,16H,5-9H2,1-4H3. The number of hydrogen-bond acceptors (Lipinski definition) is 4. The molecule has 114 valence electrons. The number of nitrogens with one attached hydrogen (secondary N) is 1. The summed E-state index contributed by atoms with van der Waals surface area (Å²) in [5, 5.41) is 7.44. The molecule has 1 aromatic rings. The highest BCUT2D eigenvalue weighted by molar-refractivity contribution is 9.10. The van der Waals surface area contributed by atoms with Gasteiger partial charge in [-0.25, -0.2) is 4.68 Å². The lowest BCUT2D eigenvalue weighted by Gasteiger charge is -2.23. The Morgan fingerprint density at radius 1 is 1.50 bits per heavy atom. The van der Waals surface area contributed by atoms with Crippen molar-refractivity contribution in [2.24, 2.45) is 0 Å². The average Bonchev–Trinajstić information content (AvgIpc) is 2.45. The van der Waals surface area contributed by atoms with Crippen molar-refractivity contribution in [2.75, 3.05) is 25.5 Å². The van der Waals surface area contributed by atoms with E-state index in [2.05, 4.69) is 52.1 Å². The SMILES string of the molecule is CCCn1ncc(NCCN(C)C(C)CC)c(Br)c1=O. The molecule has 6 heteroatoms. The van der Waals surface area contributed by atoms with E-state index in [1.807, 2.05) is 6.92 Å². The Morgan fingerprint density at radius 2 is 2.20 bits per heavy atom. The Kier molecular flexibility index (Phi) is 7.23. The zero-order valence-electron chi connectivity index (χ0n) is 12.8. The predicted molar refractivity (Wildman–Crippen MR) is 87.4 cm³/mol. The number of anilines is 1. The van der Waals surface area contributed by atoms with E-state index in [4.69, 9.17) is 0 Å². The summed E-state index contributed by atoms with van der Waals surface area (Å²) in [6.07, 6.45) is 3.74. The first-order valence-electron chi connectivity index (χ1n) is 7.20. The number of aromatic nitrogens is 2. The highest BCUT2D eigenvalue weighted by atomic mass is 79.9. The summed E-state index contributed by atoms with van der Waals surface area (Å²) in [4.78, 5) is 14.3. The van der Waals surface area contributed by atoms with Crippen molar-refractivity contribution in [3.8, 4) is 0 Å². The molecule has 20 heavy (non-hydrogen) atoms. The predicted octanol–water partition coefficient (Wildman–Crippen LogP) is 2.56. The van der Waals surface area contributed by atoms with Gasteiger partial charge in [-0.1, -0.05) is 13.8 Å². The maximum Gasteiger partial charge on any atom is 0.283 e. The van der Waals surface area contributed by atoms with Crippen LogP contribution in [0.5, 0.6) is 0 Å². The van der Waals surface area contributed by atoms with E-state index in [1.54, 1.807) is 6.20 Å². The summed E-state index contributed by atoms with van der Waals surface area (Å²) in [6, 6.07) is 0.566.